The molecule has 0 unspecified atom stereocenters. The third-order valence-electron chi connectivity index (χ3n) is 5.09. The number of halogens is 4. The minimum absolute atomic E-state index is 0.0584. The van der Waals surface area contributed by atoms with E-state index in [-0.39, 0.29) is 34.5 Å². The predicted molar refractivity (Wildman–Crippen MR) is 101 cm³/mol. The highest BCUT2D eigenvalue weighted by atomic mass is 19.1. The molecule has 0 fully saturated rings. The molecule has 0 radical (unpaired) electrons. The summed E-state index contributed by atoms with van der Waals surface area (Å²) >= 11 is 0. The van der Waals surface area contributed by atoms with Gasteiger partial charge in [0.25, 0.3) is 0 Å². The van der Waals surface area contributed by atoms with E-state index in [9.17, 15) is 27.8 Å². The van der Waals surface area contributed by atoms with Crippen molar-refractivity contribution >= 4 is 11.4 Å². The van der Waals surface area contributed by atoms with Crippen LogP contribution in [0.15, 0.2) is 42.5 Å². The van der Waals surface area contributed by atoms with Gasteiger partial charge >= 0.3 is 0 Å². The van der Waals surface area contributed by atoms with Crippen LogP contribution in [0.3, 0.4) is 0 Å². The van der Waals surface area contributed by atoms with Gasteiger partial charge in [-0.2, -0.15) is 0 Å². The number of nitrogen functional groups attached to an aromatic ring is 2. The summed E-state index contributed by atoms with van der Waals surface area (Å²) in [6, 6.07) is 7.17. The van der Waals surface area contributed by atoms with Crippen LogP contribution in [0.1, 0.15) is 30.0 Å². The van der Waals surface area contributed by atoms with Gasteiger partial charge in [-0.3, -0.25) is 0 Å². The highest BCUT2D eigenvalue weighted by Gasteiger charge is 2.39. The summed E-state index contributed by atoms with van der Waals surface area (Å²) in [6.07, 6.45) is 0.0584. The van der Waals surface area contributed by atoms with Crippen molar-refractivity contribution < 1.29 is 27.8 Å². The summed E-state index contributed by atoms with van der Waals surface area (Å²) in [5.74, 6) is -5.47. The molecule has 0 bridgehead atoms. The molecule has 0 aliphatic heterocycles. The number of phenols is 2. The van der Waals surface area contributed by atoms with Crippen LogP contribution in [0, 0.1) is 23.3 Å². The molecule has 0 aromatic heterocycles. The van der Waals surface area contributed by atoms with E-state index in [1.165, 1.54) is 12.1 Å². The number of nitrogens with two attached hydrogens (primary N) is 2. The molecule has 6 N–H and O–H groups in total. The monoisotopic (exact) mass is 406 g/mol. The Hall–Kier alpha value is -3.42. The molecule has 3 rings (SSSR count). The molecule has 3 aromatic rings. The first-order valence-corrected chi connectivity index (χ1v) is 8.64. The molecule has 29 heavy (non-hydrogen) atoms. The van der Waals surface area contributed by atoms with E-state index in [0.717, 1.165) is 24.3 Å². The Labute approximate surface area is 164 Å². The largest absolute Gasteiger partial charge is 0.503 e. The molecule has 8 heteroatoms. The molecule has 0 saturated heterocycles. The Morgan fingerprint density at radius 1 is 0.759 bits per heavy atom. The standard InChI is InChI=1S/C21H18F4N2O2/c1-2-21(13-4-3-12(22)9-14(13)23,10-5-15(24)19(28)17(26)7-10)11-6-16(25)20(29)18(27)8-11/h3-9,28-29H,2,26-27H2,1H3. The average Bonchev–Trinajstić information content (AvgIpc) is 2.66. The molecule has 3 aromatic carbocycles. The zero-order valence-corrected chi connectivity index (χ0v) is 15.3. The molecule has 0 aliphatic carbocycles. The molecule has 0 amide bonds. The number of hydrogen-bond acceptors (Lipinski definition) is 4. The first-order valence-electron chi connectivity index (χ1n) is 8.64. The van der Waals surface area contributed by atoms with Gasteiger partial charge < -0.3 is 21.7 Å². The minimum atomic E-state index is -1.55. The number of benzene rings is 3. The van der Waals surface area contributed by atoms with Crippen molar-refractivity contribution in [1.82, 2.24) is 0 Å². The van der Waals surface area contributed by atoms with E-state index in [4.69, 9.17) is 11.5 Å². The van der Waals surface area contributed by atoms with Gasteiger partial charge in [0, 0.05) is 17.0 Å². The van der Waals surface area contributed by atoms with Crippen molar-refractivity contribution in [1.29, 1.82) is 0 Å². The average molecular weight is 406 g/mol. The quantitative estimate of drug-likeness (QED) is 0.221. The second kappa shape index (κ2) is 7.20. The maximum absolute atomic E-state index is 14.9. The number of phenolic OH excluding ortho intramolecular Hbond substituents is 2. The highest BCUT2D eigenvalue weighted by molar-refractivity contribution is 5.63. The Balaban J connectivity index is 2.46. The smallest absolute Gasteiger partial charge is 0.174 e. The Kier molecular flexibility index (Phi) is 5.04. The first-order chi connectivity index (χ1) is 13.6. The third-order valence-corrected chi connectivity index (χ3v) is 5.09. The second-order valence-electron chi connectivity index (χ2n) is 6.67. The Bertz CT molecular complexity index is 999. The summed E-state index contributed by atoms with van der Waals surface area (Å²) in [5.41, 5.74) is 9.29. The predicted octanol–water partition coefficient (Wildman–Crippen LogP) is 4.56. The van der Waals surface area contributed by atoms with E-state index in [1.807, 2.05) is 0 Å². The summed E-state index contributed by atoms with van der Waals surface area (Å²) < 4.78 is 57.0. The molecule has 0 atom stereocenters. The second-order valence-corrected chi connectivity index (χ2v) is 6.67. The molecule has 0 saturated carbocycles. The van der Waals surface area contributed by atoms with Crippen molar-refractivity contribution in [3.63, 3.8) is 0 Å². The van der Waals surface area contributed by atoms with Crippen molar-refractivity contribution in [2.24, 2.45) is 0 Å². The van der Waals surface area contributed by atoms with Crippen molar-refractivity contribution in [3.05, 3.63) is 82.4 Å². The van der Waals surface area contributed by atoms with Crippen molar-refractivity contribution in [2.75, 3.05) is 11.5 Å². The fraction of sp³-hybridized carbons (Fsp3) is 0.143. The summed E-state index contributed by atoms with van der Waals surface area (Å²) in [4.78, 5) is 0. The van der Waals surface area contributed by atoms with Crippen LogP contribution in [-0.2, 0) is 5.41 Å². The number of aromatic hydroxyl groups is 2. The molecular formula is C21H18F4N2O2. The normalized spacial score (nSPS) is 11.6. The summed E-state index contributed by atoms with van der Waals surface area (Å²) in [7, 11) is 0. The lowest BCUT2D eigenvalue weighted by atomic mass is 9.67. The van der Waals surface area contributed by atoms with E-state index in [0.29, 0.717) is 6.07 Å². The van der Waals surface area contributed by atoms with Gasteiger partial charge in [0.15, 0.2) is 23.1 Å². The SMILES string of the molecule is CCC(c1cc(N)c(O)c(F)c1)(c1cc(N)c(O)c(F)c1)c1ccc(F)cc1F. The maximum Gasteiger partial charge on any atom is 0.174 e. The van der Waals surface area contributed by atoms with Gasteiger partial charge in [0.05, 0.1) is 11.4 Å². The van der Waals surface area contributed by atoms with E-state index < -0.39 is 40.2 Å². The molecule has 152 valence electrons. The Morgan fingerprint density at radius 2 is 1.24 bits per heavy atom. The molecule has 0 spiro atoms. The summed E-state index contributed by atoms with van der Waals surface area (Å²) in [6.45, 7) is 1.63. The minimum Gasteiger partial charge on any atom is -0.503 e. The van der Waals surface area contributed by atoms with Crippen LogP contribution in [0.5, 0.6) is 11.5 Å². The lowest BCUT2D eigenvalue weighted by molar-refractivity contribution is 0.429. The number of anilines is 2. The first kappa shape index (κ1) is 20.3. The topological polar surface area (TPSA) is 92.5 Å². The van der Waals surface area contributed by atoms with Gasteiger partial charge in [-0.1, -0.05) is 13.0 Å². The van der Waals surface area contributed by atoms with Gasteiger partial charge in [0.2, 0.25) is 0 Å². The number of hydrogen-bond donors (Lipinski definition) is 4. The van der Waals surface area contributed by atoms with Crippen molar-refractivity contribution in [3.8, 4) is 11.5 Å². The maximum atomic E-state index is 14.9. The van der Waals surface area contributed by atoms with Crippen molar-refractivity contribution in [2.45, 2.75) is 18.8 Å². The fourth-order valence-electron chi connectivity index (χ4n) is 3.65. The van der Waals surface area contributed by atoms with Crippen LogP contribution in [0.4, 0.5) is 28.9 Å². The Morgan fingerprint density at radius 3 is 1.62 bits per heavy atom. The van der Waals surface area contributed by atoms with Gasteiger partial charge in [-0.15, -0.1) is 0 Å². The van der Waals surface area contributed by atoms with Crippen LogP contribution >= 0.6 is 0 Å². The lowest BCUT2D eigenvalue weighted by Crippen LogP contribution is -2.30. The van der Waals surface area contributed by atoms with E-state index in [2.05, 4.69) is 0 Å². The molecular weight excluding hydrogens is 388 g/mol. The summed E-state index contributed by atoms with van der Waals surface area (Å²) in [5, 5.41) is 19.4. The van der Waals surface area contributed by atoms with E-state index in [1.54, 1.807) is 6.92 Å². The van der Waals surface area contributed by atoms with Crippen LogP contribution in [0.25, 0.3) is 0 Å². The lowest BCUT2D eigenvalue weighted by Gasteiger charge is -2.36. The van der Waals surface area contributed by atoms with Gasteiger partial charge in [-0.25, -0.2) is 17.6 Å². The van der Waals surface area contributed by atoms with Crippen LogP contribution < -0.4 is 11.5 Å². The zero-order chi connectivity index (χ0) is 21.5. The van der Waals surface area contributed by atoms with Gasteiger partial charge in [0.1, 0.15) is 11.6 Å². The van der Waals surface area contributed by atoms with E-state index >= 15 is 0 Å². The molecule has 0 heterocycles. The fourth-order valence-corrected chi connectivity index (χ4v) is 3.65. The zero-order valence-electron chi connectivity index (χ0n) is 15.3. The van der Waals surface area contributed by atoms with Crippen LogP contribution in [0.2, 0.25) is 0 Å². The highest BCUT2D eigenvalue weighted by Crippen LogP contribution is 2.47. The van der Waals surface area contributed by atoms with Crippen LogP contribution in [-0.4, -0.2) is 10.2 Å². The number of rotatable bonds is 4. The third kappa shape index (κ3) is 3.20. The molecule has 0 aliphatic rings. The molecule has 4 nitrogen and oxygen atoms in total. The van der Waals surface area contributed by atoms with Gasteiger partial charge in [-0.05, 0) is 47.9 Å².